The van der Waals surface area contributed by atoms with E-state index in [2.05, 4.69) is 45.3 Å². The first-order chi connectivity index (χ1) is 6.56. The van der Waals surface area contributed by atoms with E-state index in [4.69, 9.17) is 0 Å². The zero-order chi connectivity index (χ0) is 10.7. The third kappa shape index (κ3) is 2.56. The average Bonchev–Trinajstić information content (AvgIpc) is 2.43. The van der Waals surface area contributed by atoms with Gasteiger partial charge in [0.2, 0.25) is 0 Å². The third-order valence-electron chi connectivity index (χ3n) is 2.16. The van der Waals surface area contributed by atoms with Gasteiger partial charge in [-0.1, -0.05) is 0 Å². The van der Waals surface area contributed by atoms with Crippen LogP contribution >= 0.6 is 15.9 Å². The van der Waals surface area contributed by atoms with Crippen LogP contribution in [0.3, 0.4) is 0 Å². The minimum absolute atomic E-state index is 0.298. The molecule has 1 atom stereocenters. The molecular weight excluding hydrogens is 244 g/mol. The first kappa shape index (κ1) is 11.7. The molecule has 4 nitrogen and oxygen atoms in total. The maximum absolute atomic E-state index is 4.20. The van der Waals surface area contributed by atoms with Gasteiger partial charge in [-0.2, -0.15) is 5.10 Å². The topological polar surface area (TPSA) is 33.1 Å². The highest BCUT2D eigenvalue weighted by Gasteiger charge is 2.17. The van der Waals surface area contributed by atoms with Crippen LogP contribution in [0.15, 0.2) is 10.7 Å². The van der Waals surface area contributed by atoms with Gasteiger partial charge in [0.1, 0.15) is 0 Å². The molecule has 1 N–H and O–H groups in total. The number of halogens is 1. The van der Waals surface area contributed by atoms with Crippen LogP contribution in [0.4, 0.5) is 0 Å². The molecular formula is C9H17BrN4. The standard InChI is InChI=1S/C9H17BrN4/c1-11-8(6-13(2)3)9-7(10)5-12-14(9)4/h5,8,11H,6H2,1-4H3. The van der Waals surface area contributed by atoms with E-state index in [0.29, 0.717) is 6.04 Å². The second kappa shape index (κ2) is 4.91. The van der Waals surface area contributed by atoms with Crippen LogP contribution < -0.4 is 5.32 Å². The Kier molecular flexibility index (Phi) is 4.10. The fourth-order valence-electron chi connectivity index (χ4n) is 1.49. The highest BCUT2D eigenvalue weighted by atomic mass is 79.9. The number of aryl methyl sites for hydroxylation is 1. The Morgan fingerprint density at radius 2 is 2.29 bits per heavy atom. The van der Waals surface area contributed by atoms with Gasteiger partial charge in [-0.25, -0.2) is 0 Å². The first-order valence-corrected chi connectivity index (χ1v) is 5.35. The molecule has 0 saturated heterocycles. The van der Waals surface area contributed by atoms with Crippen molar-refractivity contribution in [3.05, 3.63) is 16.4 Å². The van der Waals surface area contributed by atoms with Crippen LogP contribution in [0, 0.1) is 0 Å². The number of aromatic nitrogens is 2. The smallest absolute Gasteiger partial charge is 0.0705 e. The summed E-state index contributed by atoms with van der Waals surface area (Å²) in [5, 5.41) is 7.49. The molecule has 1 aromatic rings. The summed E-state index contributed by atoms with van der Waals surface area (Å²) in [4.78, 5) is 2.15. The molecule has 1 rings (SSSR count). The maximum atomic E-state index is 4.20. The normalized spacial score (nSPS) is 13.6. The molecule has 0 spiro atoms. The fraction of sp³-hybridized carbons (Fsp3) is 0.667. The monoisotopic (exact) mass is 260 g/mol. The van der Waals surface area contributed by atoms with Gasteiger partial charge in [-0.15, -0.1) is 0 Å². The molecule has 0 aliphatic carbocycles. The lowest BCUT2D eigenvalue weighted by Crippen LogP contribution is -2.30. The van der Waals surface area contributed by atoms with Crippen molar-refractivity contribution in [2.75, 3.05) is 27.7 Å². The minimum Gasteiger partial charge on any atom is -0.311 e. The molecule has 0 aliphatic rings. The number of rotatable bonds is 4. The predicted octanol–water partition coefficient (Wildman–Crippen LogP) is 1.00. The molecule has 0 amide bonds. The van der Waals surface area contributed by atoms with Gasteiger partial charge < -0.3 is 10.2 Å². The summed E-state index contributed by atoms with van der Waals surface area (Å²) in [5.41, 5.74) is 1.18. The Hall–Kier alpha value is -0.390. The Morgan fingerprint density at radius 1 is 1.64 bits per heavy atom. The molecule has 1 aromatic heterocycles. The predicted molar refractivity (Wildman–Crippen MR) is 61.3 cm³/mol. The fourth-order valence-corrected chi connectivity index (χ4v) is 2.12. The molecule has 0 fully saturated rings. The van der Waals surface area contributed by atoms with E-state index < -0.39 is 0 Å². The summed E-state index contributed by atoms with van der Waals surface area (Å²) in [6, 6.07) is 0.298. The summed E-state index contributed by atoms with van der Waals surface area (Å²) < 4.78 is 2.95. The van der Waals surface area contributed by atoms with Crippen molar-refractivity contribution >= 4 is 15.9 Å². The van der Waals surface area contributed by atoms with Crippen molar-refractivity contribution in [1.82, 2.24) is 20.0 Å². The van der Waals surface area contributed by atoms with Gasteiger partial charge in [0.15, 0.2) is 0 Å². The van der Waals surface area contributed by atoms with Gasteiger partial charge in [0.25, 0.3) is 0 Å². The van der Waals surface area contributed by atoms with Gasteiger partial charge >= 0.3 is 0 Å². The highest BCUT2D eigenvalue weighted by molar-refractivity contribution is 9.10. The third-order valence-corrected chi connectivity index (χ3v) is 2.77. The van der Waals surface area contributed by atoms with Crippen molar-refractivity contribution in [3.63, 3.8) is 0 Å². The van der Waals surface area contributed by atoms with Crippen LogP contribution in [-0.2, 0) is 7.05 Å². The molecule has 0 saturated carbocycles. The van der Waals surface area contributed by atoms with E-state index in [-0.39, 0.29) is 0 Å². The summed E-state index contributed by atoms with van der Waals surface area (Å²) in [6.45, 7) is 0.953. The molecule has 0 aliphatic heterocycles. The lowest BCUT2D eigenvalue weighted by atomic mass is 10.2. The van der Waals surface area contributed by atoms with Crippen LogP contribution in [0.25, 0.3) is 0 Å². The number of hydrogen-bond acceptors (Lipinski definition) is 3. The molecule has 0 aromatic carbocycles. The summed E-state index contributed by atoms with van der Waals surface area (Å²) in [7, 11) is 8.05. The molecule has 0 bridgehead atoms. The second-order valence-corrected chi connectivity index (χ2v) is 4.46. The Morgan fingerprint density at radius 3 is 2.64 bits per heavy atom. The van der Waals surface area contributed by atoms with Gasteiger partial charge in [-0.3, -0.25) is 4.68 Å². The zero-order valence-corrected chi connectivity index (χ0v) is 10.7. The van der Waals surface area contributed by atoms with E-state index in [0.717, 1.165) is 11.0 Å². The zero-order valence-electron chi connectivity index (χ0n) is 9.08. The lowest BCUT2D eigenvalue weighted by molar-refractivity contribution is 0.343. The Balaban J connectivity index is 2.88. The van der Waals surface area contributed by atoms with Crippen LogP contribution in [-0.4, -0.2) is 42.4 Å². The van der Waals surface area contributed by atoms with Crippen LogP contribution in [0.5, 0.6) is 0 Å². The number of nitrogens with zero attached hydrogens (tertiary/aromatic N) is 3. The molecule has 1 unspecified atom stereocenters. The summed E-state index contributed by atoms with van der Waals surface area (Å²) >= 11 is 3.51. The van der Waals surface area contributed by atoms with Crippen molar-refractivity contribution in [1.29, 1.82) is 0 Å². The van der Waals surface area contributed by atoms with E-state index in [9.17, 15) is 0 Å². The van der Waals surface area contributed by atoms with E-state index in [1.165, 1.54) is 5.69 Å². The van der Waals surface area contributed by atoms with Gasteiger partial charge in [0, 0.05) is 13.6 Å². The molecule has 14 heavy (non-hydrogen) atoms. The Labute approximate surface area is 93.4 Å². The van der Waals surface area contributed by atoms with Gasteiger partial charge in [0.05, 0.1) is 22.4 Å². The summed E-state index contributed by atoms with van der Waals surface area (Å²) in [5.74, 6) is 0. The van der Waals surface area contributed by atoms with Crippen LogP contribution in [0.2, 0.25) is 0 Å². The average molecular weight is 261 g/mol. The van der Waals surface area contributed by atoms with Crippen molar-refractivity contribution in [2.45, 2.75) is 6.04 Å². The molecule has 1 heterocycles. The number of likely N-dealkylation sites (N-methyl/N-ethyl adjacent to an activating group) is 2. The minimum atomic E-state index is 0.298. The molecule has 0 radical (unpaired) electrons. The SMILES string of the molecule is CNC(CN(C)C)c1c(Br)cnn1C. The largest absolute Gasteiger partial charge is 0.311 e. The number of hydrogen-bond donors (Lipinski definition) is 1. The second-order valence-electron chi connectivity index (χ2n) is 3.60. The van der Waals surface area contributed by atoms with Crippen molar-refractivity contribution < 1.29 is 0 Å². The van der Waals surface area contributed by atoms with E-state index in [1.807, 2.05) is 25.0 Å². The number of nitrogens with one attached hydrogen (secondary N) is 1. The molecule has 80 valence electrons. The van der Waals surface area contributed by atoms with Crippen molar-refractivity contribution in [3.8, 4) is 0 Å². The lowest BCUT2D eigenvalue weighted by Gasteiger charge is -2.21. The van der Waals surface area contributed by atoms with E-state index >= 15 is 0 Å². The highest BCUT2D eigenvalue weighted by Crippen LogP contribution is 2.22. The van der Waals surface area contributed by atoms with Crippen LogP contribution in [0.1, 0.15) is 11.7 Å². The summed E-state index contributed by atoms with van der Waals surface area (Å²) in [6.07, 6.45) is 1.83. The Bertz CT molecular complexity index is 276. The van der Waals surface area contributed by atoms with Crippen molar-refractivity contribution in [2.24, 2.45) is 7.05 Å². The molecule has 5 heteroatoms. The maximum Gasteiger partial charge on any atom is 0.0705 e. The van der Waals surface area contributed by atoms with Gasteiger partial charge in [-0.05, 0) is 37.1 Å². The first-order valence-electron chi connectivity index (χ1n) is 4.55. The quantitative estimate of drug-likeness (QED) is 0.878. The van der Waals surface area contributed by atoms with E-state index in [1.54, 1.807) is 0 Å².